The van der Waals surface area contributed by atoms with E-state index in [0.29, 0.717) is 19.0 Å². The third kappa shape index (κ3) is 5.72. The number of imidazole rings is 1. The van der Waals surface area contributed by atoms with Gasteiger partial charge in [0.25, 0.3) is 0 Å². The van der Waals surface area contributed by atoms with Crippen molar-refractivity contribution < 1.29 is 48.0 Å². The molecule has 33 heavy (non-hydrogen) atoms. The predicted molar refractivity (Wildman–Crippen MR) is 111 cm³/mol. The number of nitrogens with zero attached hydrogens (tertiary/aromatic N) is 4. The van der Waals surface area contributed by atoms with Crippen LogP contribution in [0.3, 0.4) is 0 Å². The van der Waals surface area contributed by atoms with Crippen LogP contribution in [-0.4, -0.2) is 94.6 Å². The van der Waals surface area contributed by atoms with Gasteiger partial charge in [-0.1, -0.05) is 0 Å². The fraction of sp³-hybridized carbons (Fsp3) is 0.667. The molecule has 0 radical (unpaired) electrons. The summed E-state index contributed by atoms with van der Waals surface area (Å²) in [6, 6.07) is -0.00101. The lowest BCUT2D eigenvalue weighted by atomic mass is 10.1. The van der Waals surface area contributed by atoms with E-state index >= 15 is 0 Å². The summed E-state index contributed by atoms with van der Waals surface area (Å²) in [6.45, 7) is 0.380. The molecule has 2 aliphatic rings. The molecular weight excluding hydrogens is 508 g/mol. The Bertz CT molecular complexity index is 1110. The van der Waals surface area contributed by atoms with Crippen LogP contribution in [0.15, 0.2) is 6.20 Å². The van der Waals surface area contributed by atoms with Gasteiger partial charge < -0.3 is 44.2 Å². The Hall–Kier alpha value is -1.22. The minimum atomic E-state index is -4.82. The number of halogens is 1. The molecule has 6 N–H and O–H groups in total. The third-order valence-electron chi connectivity index (χ3n) is 5.09. The Morgan fingerprint density at radius 1 is 1.27 bits per heavy atom. The molecular formula is C15H22ClN5O10P2. The van der Waals surface area contributed by atoms with Gasteiger partial charge in [-0.15, -0.1) is 5.10 Å². The highest BCUT2D eigenvalue weighted by atomic mass is 35.5. The van der Waals surface area contributed by atoms with Crippen LogP contribution >= 0.6 is 26.8 Å². The molecule has 15 nitrogen and oxygen atoms in total. The van der Waals surface area contributed by atoms with Crippen LogP contribution in [0.1, 0.15) is 18.2 Å². The molecule has 4 rings (SSSR count). The molecule has 0 saturated carbocycles. The van der Waals surface area contributed by atoms with E-state index in [2.05, 4.69) is 20.4 Å². The molecule has 0 aromatic carbocycles. The quantitative estimate of drug-likeness (QED) is 0.237. The van der Waals surface area contributed by atoms with Crippen molar-refractivity contribution in [1.82, 2.24) is 19.6 Å². The fourth-order valence-corrected chi connectivity index (χ4v) is 6.33. The first-order valence-electron chi connectivity index (χ1n) is 9.71. The monoisotopic (exact) mass is 529 g/mol. The zero-order valence-corrected chi connectivity index (χ0v) is 19.4. The average Bonchev–Trinajstić information content (AvgIpc) is 3.40. The molecule has 6 atom stereocenters. The summed E-state index contributed by atoms with van der Waals surface area (Å²) in [6.07, 6.45) is -3.37. The highest BCUT2D eigenvalue weighted by molar-refractivity contribution is 7.70. The number of nitrogens with one attached hydrogen (secondary N) is 1. The normalized spacial score (nSPS) is 30.1. The fourth-order valence-electron chi connectivity index (χ4n) is 3.60. The van der Waals surface area contributed by atoms with Gasteiger partial charge in [0.15, 0.2) is 17.4 Å². The van der Waals surface area contributed by atoms with Gasteiger partial charge in [-0.2, -0.15) is 4.98 Å². The molecule has 2 aromatic rings. The van der Waals surface area contributed by atoms with E-state index in [9.17, 15) is 24.2 Å². The Morgan fingerprint density at radius 2 is 2.03 bits per heavy atom. The largest absolute Gasteiger partial charge is 0.387 e. The van der Waals surface area contributed by atoms with Crippen molar-refractivity contribution in [3.8, 4) is 0 Å². The summed E-state index contributed by atoms with van der Waals surface area (Å²) in [5, 5.41) is 28.0. The topological polar surface area (TPSA) is 218 Å². The second kappa shape index (κ2) is 9.44. The lowest BCUT2D eigenvalue weighted by Crippen LogP contribution is -2.33. The highest BCUT2D eigenvalue weighted by Gasteiger charge is 2.46. The van der Waals surface area contributed by atoms with Gasteiger partial charge in [0.05, 0.1) is 31.1 Å². The van der Waals surface area contributed by atoms with Crippen molar-refractivity contribution >= 4 is 38.3 Å². The minimum Gasteiger partial charge on any atom is -0.387 e. The number of hydrogen-bond donors (Lipinski definition) is 6. The van der Waals surface area contributed by atoms with Gasteiger partial charge in [-0.05, 0) is 18.0 Å². The summed E-state index contributed by atoms with van der Waals surface area (Å²) in [5.74, 6) is -1.05. The average molecular weight is 530 g/mol. The third-order valence-corrected chi connectivity index (χ3v) is 8.71. The molecule has 0 spiro atoms. The van der Waals surface area contributed by atoms with Crippen molar-refractivity contribution in [1.29, 1.82) is 0 Å². The maximum Gasteiger partial charge on any atom is 0.340 e. The smallest absolute Gasteiger partial charge is 0.340 e. The molecule has 2 saturated heterocycles. The standard InChI is InChI=1S/C15H22ClN5O10P2/c16-15-19-13(18-7-1-2-29-4-7)14-17-3-8(21(14)20-15)12-11(23)10(22)9(31-12)5-30-33(27,28)6-32(24,25)26/h3,7,9-12,22-23H,1-2,4-6H2,(H,27,28)(H,18,19,20)(H2,24,25,26)/t7-,9+,10+,11+,12-/m0/s1. The number of rotatable bonds is 8. The SMILES string of the molecule is O=P(O)(O)CP(=O)(O)OC[C@H]1O[C@@H](c2cnc3c(N[C@H]4CCOC4)nc(Cl)nn23)[C@H](O)[C@@H]1O. The van der Waals surface area contributed by atoms with Gasteiger partial charge in [-0.25, -0.2) is 9.50 Å². The molecule has 1 unspecified atom stereocenters. The number of ether oxygens (including phenoxy) is 2. The molecule has 0 bridgehead atoms. The Balaban J connectivity index is 1.53. The Kier molecular flexibility index (Phi) is 7.12. The Labute approximate surface area is 191 Å². The van der Waals surface area contributed by atoms with Crippen LogP contribution < -0.4 is 5.32 Å². The lowest BCUT2D eigenvalue weighted by Gasteiger charge is -2.18. The number of anilines is 1. The van der Waals surface area contributed by atoms with Crippen LogP contribution in [0.4, 0.5) is 5.82 Å². The molecule has 0 amide bonds. The number of aromatic nitrogens is 4. The van der Waals surface area contributed by atoms with Crippen LogP contribution in [0, 0.1) is 0 Å². The molecule has 2 aliphatic heterocycles. The summed E-state index contributed by atoms with van der Waals surface area (Å²) >= 11 is 6.05. The van der Waals surface area contributed by atoms with Gasteiger partial charge in [0.2, 0.25) is 5.28 Å². The van der Waals surface area contributed by atoms with E-state index < -0.39 is 52.1 Å². The van der Waals surface area contributed by atoms with Gasteiger partial charge in [-0.3, -0.25) is 9.13 Å². The number of fused-ring (bicyclic) bond motifs is 1. The van der Waals surface area contributed by atoms with E-state index in [-0.39, 0.29) is 22.7 Å². The molecule has 0 aliphatic carbocycles. The zero-order chi connectivity index (χ0) is 24.0. The molecule has 18 heteroatoms. The van der Waals surface area contributed by atoms with Gasteiger partial charge >= 0.3 is 15.2 Å². The first kappa shape index (κ1) is 24.9. The maximum absolute atomic E-state index is 11.9. The van der Waals surface area contributed by atoms with Gasteiger partial charge in [0, 0.05) is 6.61 Å². The van der Waals surface area contributed by atoms with E-state index in [4.69, 9.17) is 35.4 Å². The summed E-state index contributed by atoms with van der Waals surface area (Å²) < 4.78 is 39.8. The molecule has 2 aromatic heterocycles. The molecule has 4 heterocycles. The summed E-state index contributed by atoms with van der Waals surface area (Å²) in [4.78, 5) is 35.8. The lowest BCUT2D eigenvalue weighted by molar-refractivity contribution is -0.0204. The Morgan fingerprint density at radius 3 is 2.70 bits per heavy atom. The van der Waals surface area contributed by atoms with Crippen molar-refractivity contribution in [2.75, 3.05) is 31.0 Å². The maximum atomic E-state index is 11.9. The second-order valence-electron chi connectivity index (χ2n) is 7.67. The van der Waals surface area contributed by atoms with Crippen molar-refractivity contribution in [2.45, 2.75) is 36.9 Å². The van der Waals surface area contributed by atoms with Crippen LogP contribution in [-0.2, 0) is 23.1 Å². The van der Waals surface area contributed by atoms with Crippen LogP contribution in [0.5, 0.6) is 0 Å². The first-order chi connectivity index (χ1) is 15.4. The van der Waals surface area contributed by atoms with Crippen LogP contribution in [0.2, 0.25) is 5.28 Å². The number of hydrogen-bond acceptors (Lipinski definition) is 11. The first-order valence-corrected chi connectivity index (χ1v) is 13.7. The number of aliphatic hydroxyl groups is 2. The van der Waals surface area contributed by atoms with E-state index in [0.717, 1.165) is 6.42 Å². The van der Waals surface area contributed by atoms with Crippen molar-refractivity contribution in [2.24, 2.45) is 0 Å². The minimum absolute atomic E-state index is 0.00101. The molecule has 2 fully saturated rings. The van der Waals surface area contributed by atoms with E-state index in [1.54, 1.807) is 0 Å². The second-order valence-corrected chi connectivity index (χ2v) is 12.0. The predicted octanol–water partition coefficient (Wildman–Crippen LogP) is -0.523. The van der Waals surface area contributed by atoms with Crippen molar-refractivity contribution in [3.63, 3.8) is 0 Å². The summed E-state index contributed by atoms with van der Waals surface area (Å²) in [7, 11) is -9.49. The number of aliphatic hydroxyl groups excluding tert-OH is 2. The van der Waals surface area contributed by atoms with Gasteiger partial charge in [0.1, 0.15) is 24.4 Å². The van der Waals surface area contributed by atoms with E-state index in [1.165, 1.54) is 10.7 Å². The van der Waals surface area contributed by atoms with Crippen molar-refractivity contribution in [3.05, 3.63) is 17.2 Å². The zero-order valence-electron chi connectivity index (χ0n) is 16.8. The highest BCUT2D eigenvalue weighted by Crippen LogP contribution is 2.55. The summed E-state index contributed by atoms with van der Waals surface area (Å²) in [5.41, 5.74) is 0.504. The van der Waals surface area contributed by atoms with E-state index in [1.807, 2.05) is 0 Å². The van der Waals surface area contributed by atoms with Crippen LogP contribution in [0.25, 0.3) is 5.65 Å². The molecule has 184 valence electrons.